The van der Waals surface area contributed by atoms with E-state index in [1.54, 1.807) is 7.11 Å². The molecule has 0 fully saturated rings. The fraction of sp³-hybridized carbons (Fsp3) is 0.368. The van der Waals surface area contributed by atoms with Gasteiger partial charge in [0.25, 0.3) is 0 Å². The third kappa shape index (κ3) is 3.49. The van der Waals surface area contributed by atoms with Crippen LogP contribution in [0, 0.1) is 0 Å². The van der Waals surface area contributed by atoms with Crippen molar-refractivity contribution < 1.29 is 4.74 Å². The van der Waals surface area contributed by atoms with Gasteiger partial charge in [0.2, 0.25) is 0 Å². The molecule has 3 nitrogen and oxygen atoms in total. The van der Waals surface area contributed by atoms with Gasteiger partial charge in [-0.25, -0.2) is 0 Å². The molecule has 1 N–H and O–H groups in total. The normalized spacial score (nSPS) is 14.1. The zero-order valence-corrected chi connectivity index (χ0v) is 13.4. The van der Waals surface area contributed by atoms with E-state index in [9.17, 15) is 0 Å². The summed E-state index contributed by atoms with van der Waals surface area (Å²) in [7, 11) is 3.70. The molecule has 116 valence electrons. The van der Waals surface area contributed by atoms with Gasteiger partial charge in [0.1, 0.15) is 5.75 Å². The summed E-state index contributed by atoms with van der Waals surface area (Å²) in [4.78, 5) is 2.53. The van der Waals surface area contributed by atoms with Crippen LogP contribution in [0.5, 0.6) is 5.75 Å². The Morgan fingerprint density at radius 3 is 2.45 bits per heavy atom. The lowest BCUT2D eigenvalue weighted by atomic mass is 10.1. The van der Waals surface area contributed by atoms with E-state index >= 15 is 0 Å². The Bertz CT molecular complexity index is 622. The second-order valence-corrected chi connectivity index (χ2v) is 5.94. The summed E-state index contributed by atoms with van der Waals surface area (Å²) in [6, 6.07) is 15.3. The Kier molecular flexibility index (Phi) is 4.76. The van der Waals surface area contributed by atoms with Gasteiger partial charge in [0.05, 0.1) is 7.11 Å². The molecule has 0 bridgehead atoms. The van der Waals surface area contributed by atoms with E-state index in [2.05, 4.69) is 40.5 Å². The van der Waals surface area contributed by atoms with Crippen LogP contribution in [0.1, 0.15) is 22.3 Å². The van der Waals surface area contributed by atoms with Crippen molar-refractivity contribution in [3.8, 4) is 5.75 Å². The average Bonchev–Trinajstić information content (AvgIpc) is 2.96. The van der Waals surface area contributed by atoms with Crippen LogP contribution in [0.2, 0.25) is 0 Å². The molecule has 1 heterocycles. The first-order valence-electron chi connectivity index (χ1n) is 7.89. The fourth-order valence-corrected chi connectivity index (χ4v) is 3.07. The zero-order valence-electron chi connectivity index (χ0n) is 13.4. The van der Waals surface area contributed by atoms with Gasteiger partial charge in [-0.05, 0) is 47.9 Å². The lowest BCUT2D eigenvalue weighted by molar-refractivity contribution is 0.288. The average molecular weight is 296 g/mol. The van der Waals surface area contributed by atoms with Crippen LogP contribution in [0.25, 0.3) is 0 Å². The first kappa shape index (κ1) is 15.1. The van der Waals surface area contributed by atoms with Gasteiger partial charge >= 0.3 is 0 Å². The Balaban J connectivity index is 1.56. The van der Waals surface area contributed by atoms with Gasteiger partial charge in [-0.2, -0.15) is 0 Å². The number of ether oxygens (including phenoxy) is 1. The Morgan fingerprint density at radius 1 is 1.00 bits per heavy atom. The molecule has 1 aliphatic heterocycles. The van der Waals surface area contributed by atoms with Gasteiger partial charge in [0.15, 0.2) is 0 Å². The number of benzene rings is 2. The highest BCUT2D eigenvalue weighted by Gasteiger charge is 2.18. The Hall–Kier alpha value is -1.84. The number of hydrogen-bond acceptors (Lipinski definition) is 3. The molecule has 0 radical (unpaired) electrons. The third-order valence-corrected chi connectivity index (χ3v) is 4.32. The highest BCUT2D eigenvalue weighted by atomic mass is 16.5. The van der Waals surface area contributed by atoms with Gasteiger partial charge in [-0.3, -0.25) is 4.90 Å². The van der Waals surface area contributed by atoms with E-state index in [-0.39, 0.29) is 0 Å². The van der Waals surface area contributed by atoms with E-state index < -0.39 is 0 Å². The van der Waals surface area contributed by atoms with Crippen LogP contribution in [0.3, 0.4) is 0 Å². The molecular formula is C19H24N2O. The Morgan fingerprint density at radius 2 is 1.73 bits per heavy atom. The number of hydrogen-bond donors (Lipinski definition) is 1. The maximum Gasteiger partial charge on any atom is 0.118 e. The van der Waals surface area contributed by atoms with Crippen LogP contribution in [0.4, 0.5) is 0 Å². The van der Waals surface area contributed by atoms with Crippen molar-refractivity contribution in [1.29, 1.82) is 0 Å². The van der Waals surface area contributed by atoms with Crippen molar-refractivity contribution in [3.63, 3.8) is 0 Å². The molecule has 2 aromatic carbocycles. The summed E-state index contributed by atoms with van der Waals surface area (Å²) >= 11 is 0. The van der Waals surface area contributed by atoms with E-state index in [4.69, 9.17) is 4.74 Å². The topological polar surface area (TPSA) is 24.5 Å². The van der Waals surface area contributed by atoms with E-state index in [0.29, 0.717) is 0 Å². The predicted molar refractivity (Wildman–Crippen MR) is 90.0 cm³/mol. The highest BCUT2D eigenvalue weighted by molar-refractivity contribution is 5.35. The molecule has 0 spiro atoms. The SMILES string of the molecule is CNCc1ccc2c(c1)CN(CCc1ccc(OC)cc1)C2. The number of nitrogens with zero attached hydrogens (tertiary/aromatic N) is 1. The number of rotatable bonds is 6. The summed E-state index contributed by atoms with van der Waals surface area (Å²) in [6.45, 7) is 4.19. The van der Waals surface area contributed by atoms with Crippen molar-refractivity contribution in [2.24, 2.45) is 0 Å². The molecule has 3 rings (SSSR count). The fourth-order valence-electron chi connectivity index (χ4n) is 3.07. The molecule has 0 saturated heterocycles. The lowest BCUT2D eigenvalue weighted by Crippen LogP contribution is -2.19. The monoisotopic (exact) mass is 296 g/mol. The largest absolute Gasteiger partial charge is 0.497 e. The first-order valence-corrected chi connectivity index (χ1v) is 7.89. The van der Waals surface area contributed by atoms with Gasteiger partial charge in [-0.15, -0.1) is 0 Å². The first-order chi connectivity index (χ1) is 10.8. The second kappa shape index (κ2) is 6.95. The lowest BCUT2D eigenvalue weighted by Gasteiger charge is -2.14. The number of methoxy groups -OCH3 is 1. The molecule has 3 heteroatoms. The van der Waals surface area contributed by atoms with E-state index in [1.165, 1.54) is 22.3 Å². The minimum absolute atomic E-state index is 0.925. The van der Waals surface area contributed by atoms with Crippen LogP contribution in [-0.4, -0.2) is 25.6 Å². The Labute approximate surface area is 132 Å². The van der Waals surface area contributed by atoms with Crippen molar-refractivity contribution >= 4 is 0 Å². The standard InChI is InChI=1S/C19H24N2O/c1-20-12-16-3-6-17-13-21(14-18(17)11-16)10-9-15-4-7-19(22-2)8-5-15/h3-8,11,20H,9-10,12-14H2,1-2H3. The van der Waals surface area contributed by atoms with E-state index in [1.807, 2.05) is 19.2 Å². The molecule has 0 aromatic heterocycles. The second-order valence-electron chi connectivity index (χ2n) is 5.94. The molecular weight excluding hydrogens is 272 g/mol. The molecule has 1 aliphatic rings. The summed E-state index contributed by atoms with van der Waals surface area (Å²) in [5.41, 5.74) is 5.71. The highest BCUT2D eigenvalue weighted by Crippen LogP contribution is 2.24. The van der Waals surface area contributed by atoms with Crippen LogP contribution < -0.4 is 10.1 Å². The predicted octanol–water partition coefficient (Wildman–Crippen LogP) is 2.97. The quantitative estimate of drug-likeness (QED) is 0.887. The molecule has 0 saturated carbocycles. The summed E-state index contributed by atoms with van der Waals surface area (Å²) in [5, 5.41) is 3.22. The zero-order chi connectivity index (χ0) is 15.4. The summed E-state index contributed by atoms with van der Waals surface area (Å²) in [5.74, 6) is 0.925. The summed E-state index contributed by atoms with van der Waals surface area (Å²) in [6.07, 6.45) is 1.08. The van der Waals surface area contributed by atoms with Crippen molar-refractivity contribution in [2.75, 3.05) is 20.7 Å². The molecule has 22 heavy (non-hydrogen) atoms. The van der Waals surface area contributed by atoms with Gasteiger partial charge < -0.3 is 10.1 Å². The molecule has 0 amide bonds. The van der Waals surface area contributed by atoms with Crippen molar-refractivity contribution in [3.05, 3.63) is 64.7 Å². The van der Waals surface area contributed by atoms with Gasteiger partial charge in [-0.1, -0.05) is 30.3 Å². The smallest absolute Gasteiger partial charge is 0.118 e. The molecule has 0 unspecified atom stereocenters. The minimum atomic E-state index is 0.925. The number of nitrogens with one attached hydrogen (secondary N) is 1. The molecule has 0 atom stereocenters. The molecule has 2 aromatic rings. The van der Waals surface area contributed by atoms with Crippen molar-refractivity contribution in [2.45, 2.75) is 26.1 Å². The van der Waals surface area contributed by atoms with Gasteiger partial charge in [0, 0.05) is 26.2 Å². The third-order valence-electron chi connectivity index (χ3n) is 4.32. The summed E-state index contributed by atoms with van der Waals surface area (Å²) < 4.78 is 5.20. The maximum atomic E-state index is 5.20. The van der Waals surface area contributed by atoms with Crippen LogP contribution in [0.15, 0.2) is 42.5 Å². The molecule has 0 aliphatic carbocycles. The van der Waals surface area contributed by atoms with Crippen LogP contribution in [-0.2, 0) is 26.1 Å². The van der Waals surface area contributed by atoms with E-state index in [0.717, 1.165) is 38.3 Å². The number of fused-ring (bicyclic) bond motifs is 1. The maximum absolute atomic E-state index is 5.20. The minimum Gasteiger partial charge on any atom is -0.497 e. The van der Waals surface area contributed by atoms with Crippen LogP contribution >= 0.6 is 0 Å². The van der Waals surface area contributed by atoms with Crippen molar-refractivity contribution in [1.82, 2.24) is 10.2 Å².